The van der Waals surface area contributed by atoms with E-state index < -0.39 is 6.10 Å². The largest absolute Gasteiger partial charge is 0.493 e. The first kappa shape index (κ1) is 18.9. The number of nitrogens with one attached hydrogen (secondary N) is 1. The molecule has 6 heteroatoms. The molecule has 0 saturated carbocycles. The van der Waals surface area contributed by atoms with E-state index >= 15 is 0 Å². The number of ether oxygens (including phenoxy) is 3. The zero-order valence-electron chi connectivity index (χ0n) is 15.0. The molecule has 2 aromatic carbocycles. The molecule has 0 bridgehead atoms. The van der Waals surface area contributed by atoms with Gasteiger partial charge in [0.05, 0.1) is 14.2 Å². The molecule has 5 nitrogen and oxygen atoms in total. The molecule has 0 aromatic heterocycles. The summed E-state index contributed by atoms with van der Waals surface area (Å²) in [7, 11) is 3.10. The Morgan fingerprint density at radius 1 is 1.04 bits per heavy atom. The quantitative estimate of drug-likeness (QED) is 0.827. The predicted molar refractivity (Wildman–Crippen MR) is 99.2 cm³/mol. The van der Waals surface area contributed by atoms with E-state index in [1.807, 2.05) is 26.0 Å². The zero-order chi connectivity index (χ0) is 18.6. The number of methoxy groups -OCH3 is 2. The van der Waals surface area contributed by atoms with Gasteiger partial charge < -0.3 is 19.5 Å². The summed E-state index contributed by atoms with van der Waals surface area (Å²) < 4.78 is 16.2. The van der Waals surface area contributed by atoms with Crippen LogP contribution in [0.25, 0.3) is 0 Å². The van der Waals surface area contributed by atoms with Gasteiger partial charge >= 0.3 is 0 Å². The fraction of sp³-hybridized carbons (Fsp3) is 0.316. The van der Waals surface area contributed by atoms with Crippen molar-refractivity contribution in [3.8, 4) is 17.2 Å². The summed E-state index contributed by atoms with van der Waals surface area (Å²) in [5, 5.41) is 3.51. The van der Waals surface area contributed by atoms with Crippen LogP contribution in [0.2, 0.25) is 5.02 Å². The van der Waals surface area contributed by atoms with E-state index in [2.05, 4.69) is 5.32 Å². The van der Waals surface area contributed by atoms with Crippen LogP contribution in [0, 0.1) is 13.8 Å². The van der Waals surface area contributed by atoms with Gasteiger partial charge in [-0.1, -0.05) is 11.6 Å². The molecule has 0 radical (unpaired) electrons. The van der Waals surface area contributed by atoms with Gasteiger partial charge in [0.1, 0.15) is 5.75 Å². The second-order valence-electron chi connectivity index (χ2n) is 5.69. The van der Waals surface area contributed by atoms with Crippen molar-refractivity contribution in [2.45, 2.75) is 26.9 Å². The summed E-state index contributed by atoms with van der Waals surface area (Å²) in [6, 6.07) is 8.79. The molecule has 1 atom stereocenters. The lowest BCUT2D eigenvalue weighted by atomic mass is 10.1. The minimum atomic E-state index is -0.673. The number of benzene rings is 2. The average molecular weight is 364 g/mol. The summed E-state index contributed by atoms with van der Waals surface area (Å²) in [5.74, 6) is 1.47. The lowest BCUT2D eigenvalue weighted by molar-refractivity contribution is -0.122. The van der Waals surface area contributed by atoms with Crippen LogP contribution in [0.15, 0.2) is 30.3 Å². The number of rotatable bonds is 6. The van der Waals surface area contributed by atoms with Crippen LogP contribution in [-0.2, 0) is 4.79 Å². The second-order valence-corrected chi connectivity index (χ2v) is 6.07. The number of hydrogen-bond donors (Lipinski definition) is 1. The fourth-order valence-electron chi connectivity index (χ4n) is 2.39. The van der Waals surface area contributed by atoms with E-state index in [-0.39, 0.29) is 5.91 Å². The van der Waals surface area contributed by atoms with E-state index in [1.54, 1.807) is 39.3 Å². The predicted octanol–water partition coefficient (Wildman–Crippen LogP) is 4.38. The van der Waals surface area contributed by atoms with E-state index in [0.717, 1.165) is 11.1 Å². The molecular weight excluding hydrogens is 342 g/mol. The van der Waals surface area contributed by atoms with Crippen molar-refractivity contribution in [2.24, 2.45) is 0 Å². The van der Waals surface area contributed by atoms with Gasteiger partial charge in [-0.05, 0) is 56.2 Å². The molecule has 0 spiro atoms. The number of hydrogen-bond acceptors (Lipinski definition) is 4. The van der Waals surface area contributed by atoms with Crippen LogP contribution in [0.4, 0.5) is 5.69 Å². The number of aryl methyl sites for hydroxylation is 2. The molecule has 2 aromatic rings. The smallest absolute Gasteiger partial charge is 0.265 e. The van der Waals surface area contributed by atoms with Gasteiger partial charge in [0.15, 0.2) is 17.6 Å². The molecule has 0 aliphatic rings. The van der Waals surface area contributed by atoms with Gasteiger partial charge in [0.2, 0.25) is 0 Å². The number of amides is 1. The lowest BCUT2D eigenvalue weighted by Gasteiger charge is -2.17. The Labute approximate surface area is 152 Å². The maximum absolute atomic E-state index is 12.4. The van der Waals surface area contributed by atoms with Gasteiger partial charge in [-0.25, -0.2) is 0 Å². The monoisotopic (exact) mass is 363 g/mol. The Bertz CT molecular complexity index is 753. The lowest BCUT2D eigenvalue weighted by Crippen LogP contribution is -2.30. The highest BCUT2D eigenvalue weighted by atomic mass is 35.5. The molecule has 0 aliphatic heterocycles. The molecule has 25 heavy (non-hydrogen) atoms. The normalized spacial score (nSPS) is 11.6. The topological polar surface area (TPSA) is 56.8 Å². The molecule has 134 valence electrons. The van der Waals surface area contributed by atoms with Gasteiger partial charge in [0.25, 0.3) is 5.91 Å². The molecule has 0 aliphatic carbocycles. The van der Waals surface area contributed by atoms with Crippen LogP contribution in [-0.4, -0.2) is 26.2 Å². The summed E-state index contributed by atoms with van der Waals surface area (Å²) in [6.07, 6.45) is -0.673. The van der Waals surface area contributed by atoms with Crippen molar-refractivity contribution in [1.82, 2.24) is 0 Å². The van der Waals surface area contributed by atoms with Crippen molar-refractivity contribution >= 4 is 23.2 Å². The van der Waals surface area contributed by atoms with Crippen LogP contribution in [0.5, 0.6) is 17.2 Å². The summed E-state index contributed by atoms with van der Waals surface area (Å²) in [6.45, 7) is 5.49. The maximum Gasteiger partial charge on any atom is 0.265 e. The minimum Gasteiger partial charge on any atom is -0.493 e. The Morgan fingerprint density at radius 2 is 1.64 bits per heavy atom. The number of anilines is 1. The van der Waals surface area contributed by atoms with Crippen LogP contribution >= 0.6 is 11.6 Å². The second kappa shape index (κ2) is 8.12. The fourth-order valence-corrected chi connectivity index (χ4v) is 2.50. The van der Waals surface area contributed by atoms with E-state index in [0.29, 0.717) is 28.0 Å². The number of carbonyl (C=O) groups is 1. The standard InChI is InChI=1S/C19H22ClNO4/c1-11-8-15(9-12(2)18(11)20)25-13(3)19(22)21-14-6-7-16(23-4)17(10-14)24-5/h6-10,13H,1-5H3,(H,21,22). The minimum absolute atomic E-state index is 0.266. The Kier molecular flexibility index (Phi) is 6.15. The van der Waals surface area contributed by atoms with Crippen molar-refractivity contribution in [3.63, 3.8) is 0 Å². The summed E-state index contributed by atoms with van der Waals surface area (Å²) in [5.41, 5.74) is 2.41. The summed E-state index contributed by atoms with van der Waals surface area (Å²) >= 11 is 6.15. The van der Waals surface area contributed by atoms with E-state index in [1.165, 1.54) is 0 Å². The van der Waals surface area contributed by atoms with Crippen molar-refractivity contribution in [3.05, 3.63) is 46.5 Å². The van der Waals surface area contributed by atoms with Crippen LogP contribution < -0.4 is 19.5 Å². The van der Waals surface area contributed by atoms with E-state index in [9.17, 15) is 4.79 Å². The van der Waals surface area contributed by atoms with Crippen LogP contribution in [0.3, 0.4) is 0 Å². The third kappa shape index (κ3) is 4.57. The zero-order valence-corrected chi connectivity index (χ0v) is 15.7. The highest BCUT2D eigenvalue weighted by Crippen LogP contribution is 2.30. The number of halogens is 1. The van der Waals surface area contributed by atoms with E-state index in [4.69, 9.17) is 25.8 Å². The number of carbonyl (C=O) groups excluding carboxylic acids is 1. The molecule has 1 amide bonds. The first-order valence-corrected chi connectivity index (χ1v) is 8.19. The first-order chi connectivity index (χ1) is 11.8. The van der Waals surface area contributed by atoms with Gasteiger partial charge in [0, 0.05) is 16.8 Å². The van der Waals surface area contributed by atoms with Crippen molar-refractivity contribution in [2.75, 3.05) is 19.5 Å². The highest BCUT2D eigenvalue weighted by Gasteiger charge is 2.17. The molecular formula is C19H22ClNO4. The van der Waals surface area contributed by atoms with Crippen molar-refractivity contribution in [1.29, 1.82) is 0 Å². The maximum atomic E-state index is 12.4. The van der Waals surface area contributed by atoms with Crippen molar-refractivity contribution < 1.29 is 19.0 Å². The molecule has 0 heterocycles. The molecule has 2 rings (SSSR count). The molecule has 1 N–H and O–H groups in total. The first-order valence-electron chi connectivity index (χ1n) is 7.82. The van der Waals surface area contributed by atoms with Gasteiger partial charge in [-0.15, -0.1) is 0 Å². The van der Waals surface area contributed by atoms with Gasteiger partial charge in [-0.2, -0.15) is 0 Å². The third-order valence-electron chi connectivity index (χ3n) is 3.74. The van der Waals surface area contributed by atoms with Crippen LogP contribution in [0.1, 0.15) is 18.1 Å². The summed E-state index contributed by atoms with van der Waals surface area (Å²) in [4.78, 5) is 12.4. The molecule has 0 fully saturated rings. The molecule has 0 saturated heterocycles. The van der Waals surface area contributed by atoms with Gasteiger partial charge in [-0.3, -0.25) is 4.79 Å². The Morgan fingerprint density at radius 3 is 2.20 bits per heavy atom. The Balaban J connectivity index is 2.08. The molecule has 1 unspecified atom stereocenters. The third-order valence-corrected chi connectivity index (χ3v) is 4.34. The SMILES string of the molecule is COc1ccc(NC(=O)C(C)Oc2cc(C)c(Cl)c(C)c2)cc1OC. The Hall–Kier alpha value is -2.40. The average Bonchev–Trinajstić information content (AvgIpc) is 2.59. The highest BCUT2D eigenvalue weighted by molar-refractivity contribution is 6.32.